The van der Waals surface area contributed by atoms with Crippen molar-refractivity contribution in [1.29, 1.82) is 0 Å². The number of rotatable bonds is 4. The molecule has 3 heterocycles. The monoisotopic (exact) mass is 374 g/mol. The molecular weight excluding hydrogens is 364 g/mol. The summed E-state index contributed by atoms with van der Waals surface area (Å²) in [6.45, 7) is 0.159. The number of benzene rings is 1. The van der Waals surface area contributed by atoms with E-state index in [9.17, 15) is 5.11 Å². The second-order valence-corrected chi connectivity index (χ2v) is 5.65. The number of aliphatic hydroxyl groups is 1. The van der Waals surface area contributed by atoms with Gasteiger partial charge in [0.15, 0.2) is 10.4 Å². The van der Waals surface area contributed by atoms with Crippen LogP contribution < -0.4 is 0 Å². The highest BCUT2D eigenvalue weighted by atomic mass is 79.9. The molecule has 1 N–H and O–H groups in total. The van der Waals surface area contributed by atoms with Gasteiger partial charge in [-0.3, -0.25) is 0 Å². The van der Waals surface area contributed by atoms with Crippen molar-refractivity contribution in [2.45, 2.75) is 13.2 Å². The molecule has 0 spiro atoms. The minimum absolute atomic E-state index is 0.166. The molecule has 0 aliphatic heterocycles. The van der Waals surface area contributed by atoms with Gasteiger partial charge in [0, 0.05) is 0 Å². The smallest absolute Gasteiger partial charge is 0.283 e. The van der Waals surface area contributed by atoms with Crippen molar-refractivity contribution in [3.63, 3.8) is 0 Å². The van der Waals surface area contributed by atoms with Crippen LogP contribution in [0.2, 0.25) is 0 Å². The van der Waals surface area contributed by atoms with Crippen LogP contribution in [0.1, 0.15) is 11.7 Å². The van der Waals surface area contributed by atoms with Crippen LogP contribution in [-0.4, -0.2) is 24.9 Å². The standard InChI is InChI=1S/C15H11BrN4O3/c16-12-6-5-11(22-12)15-19-18-14(23-15)7-20-10-4-2-1-3-9(10)17-13(20)8-21/h1-6,21H,7-8H2. The molecule has 116 valence electrons. The summed E-state index contributed by atoms with van der Waals surface area (Å²) in [6.07, 6.45) is 0. The van der Waals surface area contributed by atoms with E-state index in [2.05, 4.69) is 31.1 Å². The van der Waals surface area contributed by atoms with Gasteiger partial charge in [0.2, 0.25) is 5.89 Å². The molecule has 7 nitrogen and oxygen atoms in total. The van der Waals surface area contributed by atoms with Crippen LogP contribution >= 0.6 is 15.9 Å². The number of furan rings is 1. The summed E-state index contributed by atoms with van der Waals surface area (Å²) in [5.74, 6) is 1.76. The summed E-state index contributed by atoms with van der Waals surface area (Å²) >= 11 is 3.23. The van der Waals surface area contributed by atoms with E-state index in [1.807, 2.05) is 28.8 Å². The van der Waals surface area contributed by atoms with Crippen molar-refractivity contribution in [2.75, 3.05) is 0 Å². The molecule has 0 aliphatic rings. The quantitative estimate of drug-likeness (QED) is 0.590. The lowest BCUT2D eigenvalue weighted by molar-refractivity contribution is 0.266. The van der Waals surface area contributed by atoms with Crippen LogP contribution in [0.15, 0.2) is 49.9 Å². The summed E-state index contributed by atoms with van der Waals surface area (Å²) in [7, 11) is 0. The minimum Gasteiger partial charge on any atom is -0.444 e. The molecule has 0 saturated heterocycles. The van der Waals surface area contributed by atoms with E-state index in [0.29, 0.717) is 34.6 Å². The van der Waals surface area contributed by atoms with Crippen molar-refractivity contribution in [1.82, 2.24) is 19.7 Å². The number of halogens is 1. The van der Waals surface area contributed by atoms with Gasteiger partial charge in [-0.2, -0.15) is 0 Å². The van der Waals surface area contributed by atoms with Gasteiger partial charge in [0.05, 0.1) is 11.0 Å². The Hall–Kier alpha value is -2.45. The second kappa shape index (κ2) is 5.64. The van der Waals surface area contributed by atoms with Gasteiger partial charge in [-0.15, -0.1) is 10.2 Å². The van der Waals surface area contributed by atoms with Crippen molar-refractivity contribution in [2.24, 2.45) is 0 Å². The van der Waals surface area contributed by atoms with E-state index >= 15 is 0 Å². The van der Waals surface area contributed by atoms with Crippen LogP contribution in [0.25, 0.3) is 22.7 Å². The lowest BCUT2D eigenvalue weighted by Crippen LogP contribution is -2.05. The number of para-hydroxylation sites is 2. The van der Waals surface area contributed by atoms with Crippen LogP contribution in [-0.2, 0) is 13.2 Å². The predicted octanol–water partition coefficient (Wildman–Crippen LogP) is 2.98. The van der Waals surface area contributed by atoms with Crippen LogP contribution in [0.3, 0.4) is 0 Å². The first-order chi connectivity index (χ1) is 11.2. The highest BCUT2D eigenvalue weighted by molar-refractivity contribution is 9.10. The fourth-order valence-electron chi connectivity index (χ4n) is 2.40. The molecule has 0 saturated carbocycles. The first-order valence-corrected chi connectivity index (χ1v) is 7.67. The van der Waals surface area contributed by atoms with E-state index in [1.165, 1.54) is 0 Å². The van der Waals surface area contributed by atoms with E-state index in [1.54, 1.807) is 12.1 Å². The van der Waals surface area contributed by atoms with E-state index < -0.39 is 0 Å². The van der Waals surface area contributed by atoms with Gasteiger partial charge in [-0.25, -0.2) is 4.98 Å². The van der Waals surface area contributed by atoms with Crippen molar-refractivity contribution < 1.29 is 13.9 Å². The Kier molecular flexibility index (Phi) is 3.47. The summed E-state index contributed by atoms with van der Waals surface area (Å²) < 4.78 is 13.5. The average Bonchev–Trinajstić information content (AvgIpc) is 3.27. The van der Waals surface area contributed by atoms with Gasteiger partial charge in [0.1, 0.15) is 19.0 Å². The molecule has 0 radical (unpaired) electrons. The highest BCUT2D eigenvalue weighted by Crippen LogP contribution is 2.24. The zero-order valence-corrected chi connectivity index (χ0v) is 13.4. The van der Waals surface area contributed by atoms with Crippen LogP contribution in [0.5, 0.6) is 0 Å². The van der Waals surface area contributed by atoms with E-state index in [0.717, 1.165) is 11.0 Å². The third kappa shape index (κ3) is 2.55. The Morgan fingerprint density at radius 1 is 1.09 bits per heavy atom. The maximum Gasteiger partial charge on any atom is 0.283 e. The number of hydrogen-bond donors (Lipinski definition) is 1. The minimum atomic E-state index is -0.166. The number of aliphatic hydroxyl groups excluding tert-OH is 1. The molecule has 0 atom stereocenters. The van der Waals surface area contributed by atoms with E-state index in [-0.39, 0.29) is 6.61 Å². The maximum atomic E-state index is 9.51. The summed E-state index contributed by atoms with van der Waals surface area (Å²) in [6, 6.07) is 11.1. The number of nitrogens with zero attached hydrogens (tertiary/aromatic N) is 4. The fraction of sp³-hybridized carbons (Fsp3) is 0.133. The lowest BCUT2D eigenvalue weighted by Gasteiger charge is -2.03. The molecule has 0 amide bonds. The van der Waals surface area contributed by atoms with E-state index in [4.69, 9.17) is 8.83 Å². The zero-order chi connectivity index (χ0) is 15.8. The van der Waals surface area contributed by atoms with Crippen molar-refractivity contribution in [3.05, 3.63) is 52.8 Å². The van der Waals surface area contributed by atoms with Gasteiger partial charge in [-0.1, -0.05) is 12.1 Å². The largest absolute Gasteiger partial charge is 0.444 e. The predicted molar refractivity (Wildman–Crippen MR) is 84.5 cm³/mol. The summed E-state index contributed by atoms with van der Waals surface area (Å²) in [4.78, 5) is 4.39. The third-order valence-electron chi connectivity index (χ3n) is 3.42. The molecule has 1 aromatic carbocycles. The van der Waals surface area contributed by atoms with Gasteiger partial charge in [0.25, 0.3) is 5.89 Å². The Morgan fingerprint density at radius 2 is 1.96 bits per heavy atom. The molecule has 0 aliphatic carbocycles. The Morgan fingerprint density at radius 3 is 2.74 bits per heavy atom. The molecule has 3 aromatic heterocycles. The third-order valence-corrected chi connectivity index (χ3v) is 3.85. The lowest BCUT2D eigenvalue weighted by atomic mass is 10.3. The number of aromatic nitrogens is 4. The topological polar surface area (TPSA) is 90.1 Å². The van der Waals surface area contributed by atoms with Crippen LogP contribution in [0.4, 0.5) is 0 Å². The Balaban J connectivity index is 1.70. The number of imidazole rings is 1. The van der Waals surface area contributed by atoms with Crippen molar-refractivity contribution in [3.8, 4) is 11.7 Å². The van der Waals surface area contributed by atoms with Crippen molar-refractivity contribution >= 4 is 27.0 Å². The van der Waals surface area contributed by atoms with Gasteiger partial charge in [-0.05, 0) is 40.2 Å². The fourth-order valence-corrected chi connectivity index (χ4v) is 2.71. The Bertz CT molecular complexity index is 972. The first-order valence-electron chi connectivity index (χ1n) is 6.87. The molecular formula is C15H11BrN4O3. The highest BCUT2D eigenvalue weighted by Gasteiger charge is 2.15. The zero-order valence-electron chi connectivity index (χ0n) is 11.8. The molecule has 4 aromatic rings. The second-order valence-electron chi connectivity index (χ2n) is 4.87. The molecule has 0 fully saturated rings. The molecule has 4 rings (SSSR count). The van der Waals surface area contributed by atoms with Crippen LogP contribution in [0, 0.1) is 0 Å². The number of hydrogen-bond acceptors (Lipinski definition) is 6. The molecule has 0 bridgehead atoms. The summed E-state index contributed by atoms with van der Waals surface area (Å²) in [5, 5.41) is 17.5. The first kappa shape index (κ1) is 14.2. The Labute approximate surface area is 138 Å². The number of fused-ring (bicyclic) bond motifs is 1. The summed E-state index contributed by atoms with van der Waals surface area (Å²) in [5.41, 5.74) is 1.71. The SMILES string of the molecule is OCc1nc2ccccc2n1Cc1nnc(-c2ccc(Br)o2)o1. The van der Waals surface area contributed by atoms with Gasteiger partial charge >= 0.3 is 0 Å². The molecule has 23 heavy (non-hydrogen) atoms. The maximum absolute atomic E-state index is 9.51. The molecule has 0 unspecified atom stereocenters. The normalized spacial score (nSPS) is 11.4. The average molecular weight is 375 g/mol. The van der Waals surface area contributed by atoms with Gasteiger partial charge < -0.3 is 18.5 Å². The molecule has 8 heteroatoms.